The lowest BCUT2D eigenvalue weighted by Crippen LogP contribution is -2.31. The van der Waals surface area contributed by atoms with Crippen LogP contribution < -0.4 is 19.5 Å². The van der Waals surface area contributed by atoms with Gasteiger partial charge in [-0.1, -0.05) is 17.7 Å². The van der Waals surface area contributed by atoms with Gasteiger partial charge in [0.2, 0.25) is 5.91 Å². The summed E-state index contributed by atoms with van der Waals surface area (Å²) in [6.45, 7) is 1.56. The molecule has 2 aromatic rings. The van der Waals surface area contributed by atoms with Gasteiger partial charge in [0.05, 0.1) is 27.4 Å². The predicted octanol–water partition coefficient (Wildman–Crippen LogP) is 3.70. The SMILES string of the molecule is COc1cc(NC(=O)CN(C)CCCOc2cccc(Cl)c2)cc(OC)c1. The summed E-state index contributed by atoms with van der Waals surface area (Å²) in [6.07, 6.45) is 0.795. The minimum atomic E-state index is -0.108. The molecule has 1 amide bonds. The van der Waals surface area contributed by atoms with E-state index in [1.54, 1.807) is 44.6 Å². The van der Waals surface area contributed by atoms with E-state index in [0.717, 1.165) is 18.7 Å². The van der Waals surface area contributed by atoms with Crippen LogP contribution in [0.4, 0.5) is 5.69 Å². The highest BCUT2D eigenvalue weighted by Gasteiger charge is 2.09. The molecule has 0 aliphatic rings. The number of methoxy groups -OCH3 is 2. The van der Waals surface area contributed by atoms with Crippen LogP contribution in [0.1, 0.15) is 6.42 Å². The maximum absolute atomic E-state index is 12.2. The third-order valence-corrected chi connectivity index (χ3v) is 4.03. The van der Waals surface area contributed by atoms with Gasteiger partial charge < -0.3 is 19.5 Å². The van der Waals surface area contributed by atoms with Gasteiger partial charge in [-0.15, -0.1) is 0 Å². The number of nitrogens with zero attached hydrogens (tertiary/aromatic N) is 1. The van der Waals surface area contributed by atoms with E-state index in [1.165, 1.54) is 0 Å². The van der Waals surface area contributed by atoms with Crippen molar-refractivity contribution in [1.29, 1.82) is 0 Å². The molecule has 0 aliphatic carbocycles. The lowest BCUT2D eigenvalue weighted by Gasteiger charge is -2.17. The third-order valence-electron chi connectivity index (χ3n) is 3.80. The summed E-state index contributed by atoms with van der Waals surface area (Å²) in [6, 6.07) is 12.5. The molecule has 0 unspecified atom stereocenters. The van der Waals surface area contributed by atoms with Gasteiger partial charge in [-0.05, 0) is 31.7 Å². The summed E-state index contributed by atoms with van der Waals surface area (Å²) in [7, 11) is 5.03. The van der Waals surface area contributed by atoms with Crippen molar-refractivity contribution in [2.24, 2.45) is 0 Å². The highest BCUT2D eigenvalue weighted by molar-refractivity contribution is 6.30. The minimum Gasteiger partial charge on any atom is -0.497 e. The molecule has 2 aromatic carbocycles. The first kappa shape index (κ1) is 20.9. The molecule has 0 saturated heterocycles. The number of rotatable bonds is 10. The molecule has 7 heteroatoms. The largest absolute Gasteiger partial charge is 0.497 e. The molecule has 0 aliphatic heterocycles. The zero-order chi connectivity index (χ0) is 19.6. The maximum Gasteiger partial charge on any atom is 0.238 e. The van der Waals surface area contributed by atoms with E-state index >= 15 is 0 Å². The predicted molar refractivity (Wildman–Crippen MR) is 107 cm³/mol. The second-order valence-corrected chi connectivity index (χ2v) is 6.48. The molecule has 0 heterocycles. The molecular formula is C20H25ClN2O4. The number of nitrogens with one attached hydrogen (secondary N) is 1. The van der Waals surface area contributed by atoms with E-state index in [4.69, 9.17) is 25.8 Å². The molecule has 1 N–H and O–H groups in total. The first-order valence-corrected chi connectivity index (χ1v) is 8.98. The Hall–Kier alpha value is -2.44. The fourth-order valence-electron chi connectivity index (χ4n) is 2.49. The Morgan fingerprint density at radius 1 is 1.07 bits per heavy atom. The van der Waals surface area contributed by atoms with Crippen molar-refractivity contribution in [2.45, 2.75) is 6.42 Å². The molecule has 0 bridgehead atoms. The molecule has 2 rings (SSSR count). The van der Waals surface area contributed by atoms with Crippen LogP contribution in [0.15, 0.2) is 42.5 Å². The number of anilines is 1. The number of ether oxygens (including phenoxy) is 3. The molecular weight excluding hydrogens is 368 g/mol. The van der Waals surface area contributed by atoms with Gasteiger partial charge in [0, 0.05) is 35.5 Å². The Morgan fingerprint density at radius 2 is 1.78 bits per heavy atom. The van der Waals surface area contributed by atoms with Crippen LogP contribution in [0.3, 0.4) is 0 Å². The molecule has 0 atom stereocenters. The highest BCUT2D eigenvalue weighted by Crippen LogP contribution is 2.25. The van der Waals surface area contributed by atoms with Crippen LogP contribution in [-0.2, 0) is 4.79 Å². The molecule has 146 valence electrons. The normalized spacial score (nSPS) is 10.6. The maximum atomic E-state index is 12.2. The fraction of sp³-hybridized carbons (Fsp3) is 0.350. The fourth-order valence-corrected chi connectivity index (χ4v) is 2.67. The van der Waals surface area contributed by atoms with Gasteiger partial charge in [-0.3, -0.25) is 9.69 Å². The van der Waals surface area contributed by atoms with E-state index in [1.807, 2.05) is 24.1 Å². The van der Waals surface area contributed by atoms with Crippen molar-refractivity contribution >= 4 is 23.2 Å². The van der Waals surface area contributed by atoms with Gasteiger partial charge in [0.1, 0.15) is 17.2 Å². The summed E-state index contributed by atoms with van der Waals surface area (Å²) >= 11 is 5.92. The standard InChI is InChI=1S/C20H25ClN2O4/c1-23(8-5-9-27-17-7-4-6-15(21)10-17)14-20(24)22-16-11-18(25-2)13-19(12-16)26-3/h4,6-7,10-13H,5,8-9,14H2,1-3H3,(H,22,24). The minimum absolute atomic E-state index is 0.108. The number of hydrogen-bond donors (Lipinski definition) is 1. The monoisotopic (exact) mass is 392 g/mol. The van der Waals surface area contributed by atoms with Gasteiger partial charge in [0.25, 0.3) is 0 Å². The summed E-state index contributed by atoms with van der Waals surface area (Å²) in [5.74, 6) is 1.88. The smallest absolute Gasteiger partial charge is 0.238 e. The Labute approximate surface area is 165 Å². The average molecular weight is 393 g/mol. The average Bonchev–Trinajstić information content (AvgIpc) is 2.64. The van der Waals surface area contributed by atoms with Crippen molar-refractivity contribution in [3.05, 3.63) is 47.5 Å². The molecule has 0 radical (unpaired) electrons. The summed E-state index contributed by atoms with van der Waals surface area (Å²) < 4.78 is 16.1. The van der Waals surface area contributed by atoms with E-state index in [2.05, 4.69) is 5.32 Å². The lowest BCUT2D eigenvalue weighted by atomic mass is 10.2. The number of carbonyl (C=O) groups is 1. The van der Waals surface area contributed by atoms with Crippen molar-refractivity contribution in [3.63, 3.8) is 0 Å². The number of likely N-dealkylation sites (N-methyl/N-ethyl adjacent to an activating group) is 1. The van der Waals surface area contributed by atoms with Gasteiger partial charge in [-0.25, -0.2) is 0 Å². The van der Waals surface area contributed by atoms with Crippen LogP contribution >= 0.6 is 11.6 Å². The van der Waals surface area contributed by atoms with Gasteiger partial charge >= 0.3 is 0 Å². The van der Waals surface area contributed by atoms with E-state index in [-0.39, 0.29) is 12.5 Å². The molecule has 6 nitrogen and oxygen atoms in total. The number of benzene rings is 2. The van der Waals surface area contributed by atoms with Crippen molar-refractivity contribution in [3.8, 4) is 17.2 Å². The number of amides is 1. The van der Waals surface area contributed by atoms with Crippen molar-refractivity contribution in [2.75, 3.05) is 46.3 Å². The number of halogens is 1. The van der Waals surface area contributed by atoms with Crippen molar-refractivity contribution in [1.82, 2.24) is 4.90 Å². The van der Waals surface area contributed by atoms with E-state index < -0.39 is 0 Å². The van der Waals surface area contributed by atoms with Gasteiger partial charge in [-0.2, -0.15) is 0 Å². The zero-order valence-electron chi connectivity index (χ0n) is 15.8. The second-order valence-electron chi connectivity index (χ2n) is 6.05. The molecule has 0 aromatic heterocycles. The second kappa shape index (κ2) is 10.6. The first-order chi connectivity index (χ1) is 13.0. The molecule has 0 fully saturated rings. The molecule has 0 spiro atoms. The molecule has 0 saturated carbocycles. The zero-order valence-corrected chi connectivity index (χ0v) is 16.6. The third kappa shape index (κ3) is 7.37. The summed E-state index contributed by atoms with van der Waals surface area (Å²) in [4.78, 5) is 14.2. The van der Waals surface area contributed by atoms with E-state index in [0.29, 0.717) is 28.8 Å². The van der Waals surface area contributed by atoms with Crippen LogP contribution in [0.25, 0.3) is 0 Å². The Kier molecular flexibility index (Phi) is 8.23. The Balaban J connectivity index is 1.73. The summed E-state index contributed by atoms with van der Waals surface area (Å²) in [5.41, 5.74) is 0.633. The number of carbonyl (C=O) groups excluding carboxylic acids is 1. The van der Waals surface area contributed by atoms with E-state index in [9.17, 15) is 4.79 Å². The lowest BCUT2D eigenvalue weighted by molar-refractivity contribution is -0.117. The number of hydrogen-bond acceptors (Lipinski definition) is 5. The highest BCUT2D eigenvalue weighted by atomic mass is 35.5. The van der Waals surface area contributed by atoms with Crippen LogP contribution in [0.5, 0.6) is 17.2 Å². The van der Waals surface area contributed by atoms with Crippen LogP contribution in [-0.4, -0.2) is 51.8 Å². The topological polar surface area (TPSA) is 60.0 Å². The first-order valence-electron chi connectivity index (χ1n) is 8.60. The summed E-state index contributed by atoms with van der Waals surface area (Å²) in [5, 5.41) is 3.51. The van der Waals surface area contributed by atoms with Crippen molar-refractivity contribution < 1.29 is 19.0 Å². The molecule has 27 heavy (non-hydrogen) atoms. The quantitative estimate of drug-likeness (QED) is 0.625. The van der Waals surface area contributed by atoms with Crippen LogP contribution in [0, 0.1) is 0 Å². The van der Waals surface area contributed by atoms with Crippen LogP contribution in [0.2, 0.25) is 5.02 Å². The Morgan fingerprint density at radius 3 is 2.41 bits per heavy atom. The van der Waals surface area contributed by atoms with Gasteiger partial charge in [0.15, 0.2) is 0 Å². The Bertz CT molecular complexity index is 732.